The highest BCUT2D eigenvalue weighted by Crippen LogP contribution is 2.70. The van der Waals surface area contributed by atoms with E-state index in [1.54, 1.807) is 0 Å². The maximum absolute atomic E-state index is 6.89. The van der Waals surface area contributed by atoms with Crippen LogP contribution in [-0.2, 0) is 23.4 Å². The van der Waals surface area contributed by atoms with E-state index >= 15 is 0 Å². The predicted octanol–water partition coefficient (Wildman–Crippen LogP) is 5.47. The second-order valence-corrected chi connectivity index (χ2v) is 17.3. The van der Waals surface area contributed by atoms with E-state index in [1.807, 2.05) is 0 Å². The molecular formula is C26H42O5Si. The lowest BCUT2D eigenvalue weighted by Crippen LogP contribution is -2.58. The van der Waals surface area contributed by atoms with Gasteiger partial charge in [-0.2, -0.15) is 0 Å². The number of fused-ring (bicyclic) bond motifs is 6. The van der Waals surface area contributed by atoms with Gasteiger partial charge in [0.15, 0.2) is 11.6 Å². The SMILES string of the molecule is C[C@]12CCC3(CC1C(O[Si](C)(C)C)=C[C@@H]1[C@@H]2CC[C@@]2(C)[C@H]1CCC21OCCO1)OCCO3. The molecule has 0 aromatic heterocycles. The molecule has 0 amide bonds. The number of hydrogen-bond donors (Lipinski definition) is 0. The maximum atomic E-state index is 6.89. The Kier molecular flexibility index (Phi) is 4.88. The number of ether oxygens (including phenoxy) is 4. The number of rotatable bonds is 2. The lowest BCUT2D eigenvalue weighted by Gasteiger charge is -2.61. The van der Waals surface area contributed by atoms with E-state index in [1.165, 1.54) is 25.0 Å². The van der Waals surface area contributed by atoms with Gasteiger partial charge < -0.3 is 23.4 Å². The second-order valence-electron chi connectivity index (χ2n) is 12.9. The van der Waals surface area contributed by atoms with Crippen molar-refractivity contribution in [3.8, 4) is 0 Å². The Morgan fingerprint density at radius 1 is 0.844 bits per heavy atom. The summed E-state index contributed by atoms with van der Waals surface area (Å²) in [6.45, 7) is 14.9. The minimum Gasteiger partial charge on any atom is -0.547 e. The molecular weight excluding hydrogens is 420 g/mol. The molecule has 6 heteroatoms. The zero-order valence-electron chi connectivity index (χ0n) is 20.7. The highest BCUT2D eigenvalue weighted by Gasteiger charge is 2.68. The second kappa shape index (κ2) is 7.06. The van der Waals surface area contributed by atoms with Gasteiger partial charge >= 0.3 is 0 Å². The van der Waals surface area contributed by atoms with Crippen LogP contribution in [0.4, 0.5) is 0 Å². The Morgan fingerprint density at radius 3 is 2.19 bits per heavy atom. The van der Waals surface area contributed by atoms with E-state index in [9.17, 15) is 0 Å². The van der Waals surface area contributed by atoms with Crippen LogP contribution in [0.3, 0.4) is 0 Å². The van der Waals surface area contributed by atoms with Gasteiger partial charge in [-0.3, -0.25) is 0 Å². The zero-order valence-corrected chi connectivity index (χ0v) is 21.7. The van der Waals surface area contributed by atoms with Gasteiger partial charge in [-0.25, -0.2) is 0 Å². The number of hydrogen-bond acceptors (Lipinski definition) is 5. The molecule has 2 heterocycles. The van der Waals surface area contributed by atoms with Gasteiger partial charge in [0.2, 0.25) is 8.32 Å². The Balaban J connectivity index is 1.40. The minimum absolute atomic E-state index is 0.0994. The van der Waals surface area contributed by atoms with Crippen molar-refractivity contribution in [2.45, 2.75) is 90.0 Å². The molecule has 2 spiro atoms. The molecule has 6 atom stereocenters. The Bertz CT molecular complexity index is 793. The molecule has 3 saturated carbocycles. The van der Waals surface area contributed by atoms with Gasteiger partial charge in [0.25, 0.3) is 0 Å². The average molecular weight is 463 g/mol. The molecule has 6 rings (SSSR count). The Labute approximate surface area is 194 Å². The van der Waals surface area contributed by atoms with Crippen LogP contribution in [0.25, 0.3) is 0 Å². The normalized spacial score (nSPS) is 46.6. The van der Waals surface area contributed by atoms with Gasteiger partial charge in [-0.05, 0) is 74.6 Å². The van der Waals surface area contributed by atoms with Crippen molar-refractivity contribution in [1.29, 1.82) is 0 Å². The van der Waals surface area contributed by atoms with Gasteiger partial charge in [0.05, 0.1) is 32.2 Å². The summed E-state index contributed by atoms with van der Waals surface area (Å²) in [5.74, 6) is 2.75. The molecule has 0 N–H and O–H groups in total. The van der Waals surface area contributed by atoms with Crippen molar-refractivity contribution < 1.29 is 23.4 Å². The summed E-state index contributed by atoms with van der Waals surface area (Å²) in [6, 6.07) is 0. The quantitative estimate of drug-likeness (QED) is 0.509. The third-order valence-electron chi connectivity index (χ3n) is 10.3. The molecule has 180 valence electrons. The standard InChI is InChI=1S/C26H42O5Si/c1-23-10-11-25(27-12-13-28-25)17-21(23)22(31-32(3,4)5)16-18-19(23)6-8-24(2)20(18)7-9-26(24)29-14-15-30-26/h16,18-21H,6-15,17H2,1-5H3/t18-,19+,20+,21?,23-,24+/m1/s1. The van der Waals surface area contributed by atoms with E-state index in [4.69, 9.17) is 23.4 Å². The summed E-state index contributed by atoms with van der Waals surface area (Å²) in [7, 11) is -1.75. The van der Waals surface area contributed by atoms with Crippen LogP contribution in [-0.4, -0.2) is 46.3 Å². The van der Waals surface area contributed by atoms with Crippen LogP contribution in [0.5, 0.6) is 0 Å². The summed E-state index contributed by atoms with van der Waals surface area (Å²) >= 11 is 0. The third-order valence-corrected chi connectivity index (χ3v) is 11.1. The first-order chi connectivity index (χ1) is 15.1. The van der Waals surface area contributed by atoms with E-state index in [0.29, 0.717) is 23.7 Å². The van der Waals surface area contributed by atoms with E-state index in [0.717, 1.165) is 52.1 Å². The zero-order chi connectivity index (χ0) is 22.4. The predicted molar refractivity (Wildman–Crippen MR) is 124 cm³/mol. The molecule has 4 aliphatic carbocycles. The van der Waals surface area contributed by atoms with Gasteiger partial charge in [0.1, 0.15) is 0 Å². The molecule has 1 unspecified atom stereocenters. The van der Waals surface area contributed by atoms with Crippen molar-refractivity contribution in [3.63, 3.8) is 0 Å². The van der Waals surface area contributed by atoms with Crippen molar-refractivity contribution >= 4 is 8.32 Å². The molecule has 2 saturated heterocycles. The van der Waals surface area contributed by atoms with Gasteiger partial charge in [-0.15, -0.1) is 0 Å². The molecule has 0 bridgehead atoms. The highest BCUT2D eigenvalue weighted by atomic mass is 28.4. The average Bonchev–Trinajstić information content (AvgIpc) is 3.44. The largest absolute Gasteiger partial charge is 0.547 e. The van der Waals surface area contributed by atoms with Crippen LogP contribution < -0.4 is 0 Å². The number of allylic oxidation sites excluding steroid dienone is 2. The molecule has 5 fully saturated rings. The molecule has 0 aromatic carbocycles. The van der Waals surface area contributed by atoms with Crippen molar-refractivity contribution in [2.24, 2.45) is 34.5 Å². The summed E-state index contributed by atoms with van der Waals surface area (Å²) in [6.07, 6.45) is 10.4. The smallest absolute Gasteiger partial charge is 0.241 e. The molecule has 32 heavy (non-hydrogen) atoms. The van der Waals surface area contributed by atoms with Crippen LogP contribution >= 0.6 is 0 Å². The summed E-state index contributed by atoms with van der Waals surface area (Å²) in [4.78, 5) is 0. The lowest BCUT2D eigenvalue weighted by molar-refractivity contribution is -0.249. The fourth-order valence-electron chi connectivity index (χ4n) is 8.76. The lowest BCUT2D eigenvalue weighted by atomic mass is 9.46. The Hall–Kier alpha value is -0.403. The summed E-state index contributed by atoms with van der Waals surface area (Å²) in [5.41, 5.74) is 0.339. The Morgan fingerprint density at radius 2 is 1.50 bits per heavy atom. The van der Waals surface area contributed by atoms with E-state index < -0.39 is 8.32 Å². The minimum atomic E-state index is -1.75. The summed E-state index contributed by atoms with van der Waals surface area (Å²) in [5, 5.41) is 0. The molecule has 0 radical (unpaired) electrons. The third kappa shape index (κ3) is 3.02. The highest BCUT2D eigenvalue weighted by molar-refractivity contribution is 6.70. The first-order valence-electron chi connectivity index (χ1n) is 13.1. The molecule has 5 nitrogen and oxygen atoms in total. The summed E-state index contributed by atoms with van der Waals surface area (Å²) < 4.78 is 32.0. The molecule has 0 aromatic rings. The topological polar surface area (TPSA) is 46.2 Å². The van der Waals surface area contributed by atoms with E-state index in [-0.39, 0.29) is 22.4 Å². The fraction of sp³-hybridized carbons (Fsp3) is 0.923. The van der Waals surface area contributed by atoms with Crippen LogP contribution in [0.2, 0.25) is 19.6 Å². The maximum Gasteiger partial charge on any atom is 0.241 e. The molecule has 6 aliphatic rings. The van der Waals surface area contributed by atoms with Crippen LogP contribution in [0, 0.1) is 34.5 Å². The van der Waals surface area contributed by atoms with Crippen molar-refractivity contribution in [1.82, 2.24) is 0 Å². The van der Waals surface area contributed by atoms with Gasteiger partial charge in [-0.1, -0.05) is 13.8 Å². The monoisotopic (exact) mass is 462 g/mol. The molecule has 2 aliphatic heterocycles. The fourth-order valence-corrected chi connectivity index (χ4v) is 9.67. The van der Waals surface area contributed by atoms with Crippen LogP contribution in [0.15, 0.2) is 11.8 Å². The first-order valence-corrected chi connectivity index (χ1v) is 16.5. The van der Waals surface area contributed by atoms with Crippen molar-refractivity contribution in [3.05, 3.63) is 11.8 Å². The first kappa shape index (κ1) is 22.1. The van der Waals surface area contributed by atoms with Gasteiger partial charge in [0, 0.05) is 30.6 Å². The van der Waals surface area contributed by atoms with Crippen molar-refractivity contribution in [2.75, 3.05) is 26.4 Å². The van der Waals surface area contributed by atoms with E-state index in [2.05, 4.69) is 39.6 Å². The van der Waals surface area contributed by atoms with Crippen LogP contribution in [0.1, 0.15) is 58.8 Å².